The first-order chi connectivity index (χ1) is 9.70. The molecule has 0 saturated carbocycles. The maximum atomic E-state index is 12.1. The van der Waals surface area contributed by atoms with Gasteiger partial charge >= 0.3 is 0 Å². The third-order valence-electron chi connectivity index (χ3n) is 2.92. The number of hydrogen-bond acceptors (Lipinski definition) is 4. The molecule has 0 fully saturated rings. The molecule has 2 aromatic rings. The zero-order valence-electron chi connectivity index (χ0n) is 11.7. The highest BCUT2D eigenvalue weighted by atomic mass is 16.1. The van der Waals surface area contributed by atoms with Crippen molar-refractivity contribution in [1.82, 2.24) is 15.3 Å². The van der Waals surface area contributed by atoms with Crippen LogP contribution in [0, 0.1) is 6.92 Å². The lowest BCUT2D eigenvalue weighted by molar-refractivity contribution is 0.0946. The van der Waals surface area contributed by atoms with E-state index >= 15 is 0 Å². The Morgan fingerprint density at radius 1 is 1.30 bits per heavy atom. The van der Waals surface area contributed by atoms with Crippen LogP contribution in [0.25, 0.3) is 0 Å². The van der Waals surface area contributed by atoms with E-state index in [1.54, 1.807) is 18.5 Å². The molecule has 20 heavy (non-hydrogen) atoms. The second-order valence-corrected chi connectivity index (χ2v) is 4.42. The molecular weight excluding hydrogens is 252 g/mol. The van der Waals surface area contributed by atoms with E-state index in [0.29, 0.717) is 18.1 Å². The van der Waals surface area contributed by atoms with Crippen molar-refractivity contribution in [1.29, 1.82) is 0 Å². The zero-order valence-corrected chi connectivity index (χ0v) is 11.7. The highest BCUT2D eigenvalue weighted by Crippen LogP contribution is 2.07. The third-order valence-corrected chi connectivity index (χ3v) is 2.92. The van der Waals surface area contributed by atoms with Gasteiger partial charge in [-0.15, -0.1) is 0 Å². The molecule has 2 heterocycles. The molecule has 0 bridgehead atoms. The van der Waals surface area contributed by atoms with Crippen LogP contribution >= 0.6 is 0 Å². The fraction of sp³-hybridized carbons (Fsp3) is 0.267. The topological polar surface area (TPSA) is 66.9 Å². The van der Waals surface area contributed by atoms with E-state index < -0.39 is 0 Å². The Balaban J connectivity index is 2.01. The Kier molecular flexibility index (Phi) is 4.65. The van der Waals surface area contributed by atoms with Crippen LogP contribution in [-0.2, 0) is 6.54 Å². The summed E-state index contributed by atoms with van der Waals surface area (Å²) in [5, 5.41) is 5.95. The number of hydrogen-bond donors (Lipinski definition) is 2. The number of nitrogens with zero attached hydrogens (tertiary/aromatic N) is 2. The minimum absolute atomic E-state index is 0.180. The summed E-state index contributed by atoms with van der Waals surface area (Å²) < 4.78 is 0. The Morgan fingerprint density at radius 3 is 2.90 bits per heavy atom. The van der Waals surface area contributed by atoms with E-state index in [1.165, 1.54) is 0 Å². The Morgan fingerprint density at radius 2 is 2.15 bits per heavy atom. The van der Waals surface area contributed by atoms with Crippen LogP contribution in [0.2, 0.25) is 0 Å². The van der Waals surface area contributed by atoms with Gasteiger partial charge in [-0.25, -0.2) is 4.98 Å². The van der Waals surface area contributed by atoms with Gasteiger partial charge in [-0.3, -0.25) is 9.78 Å². The molecule has 0 aliphatic heterocycles. The van der Waals surface area contributed by atoms with E-state index in [9.17, 15) is 4.79 Å². The number of rotatable bonds is 5. The maximum absolute atomic E-state index is 12.1. The summed E-state index contributed by atoms with van der Waals surface area (Å²) in [5.74, 6) is 0.529. The predicted molar refractivity (Wildman–Crippen MR) is 78.5 cm³/mol. The van der Waals surface area contributed by atoms with Crippen LogP contribution in [0.1, 0.15) is 28.5 Å². The summed E-state index contributed by atoms with van der Waals surface area (Å²) in [6, 6.07) is 7.26. The first kappa shape index (κ1) is 14.0. The van der Waals surface area contributed by atoms with Gasteiger partial charge < -0.3 is 10.6 Å². The van der Waals surface area contributed by atoms with Gasteiger partial charge in [0.15, 0.2) is 0 Å². The van der Waals surface area contributed by atoms with Gasteiger partial charge in [0.05, 0.1) is 0 Å². The molecule has 0 aliphatic carbocycles. The zero-order chi connectivity index (χ0) is 14.4. The monoisotopic (exact) mass is 270 g/mol. The van der Waals surface area contributed by atoms with Gasteiger partial charge in [-0.05, 0) is 43.2 Å². The third kappa shape index (κ3) is 3.54. The van der Waals surface area contributed by atoms with Crippen molar-refractivity contribution in [2.75, 3.05) is 11.9 Å². The summed E-state index contributed by atoms with van der Waals surface area (Å²) in [5.41, 5.74) is 2.52. The first-order valence-corrected chi connectivity index (χ1v) is 6.59. The van der Waals surface area contributed by atoms with Crippen molar-refractivity contribution >= 4 is 11.7 Å². The fourth-order valence-corrected chi connectivity index (χ4v) is 1.81. The summed E-state index contributed by atoms with van der Waals surface area (Å²) >= 11 is 0. The van der Waals surface area contributed by atoms with Gasteiger partial charge in [0, 0.05) is 25.5 Å². The van der Waals surface area contributed by atoms with Crippen molar-refractivity contribution in [3.8, 4) is 0 Å². The van der Waals surface area contributed by atoms with Crippen LogP contribution in [0.4, 0.5) is 5.82 Å². The average molecular weight is 270 g/mol. The molecule has 0 unspecified atom stereocenters. The maximum Gasteiger partial charge on any atom is 0.270 e. The predicted octanol–water partition coefficient (Wildman–Crippen LogP) is 2.15. The van der Waals surface area contributed by atoms with Crippen LogP contribution in [0.3, 0.4) is 0 Å². The number of amides is 1. The van der Waals surface area contributed by atoms with Crippen molar-refractivity contribution in [2.45, 2.75) is 20.4 Å². The number of pyridine rings is 2. The quantitative estimate of drug-likeness (QED) is 0.873. The minimum atomic E-state index is -0.180. The van der Waals surface area contributed by atoms with Gasteiger partial charge in [0.1, 0.15) is 11.5 Å². The second kappa shape index (κ2) is 6.65. The number of carbonyl (C=O) groups excluding carboxylic acids is 1. The normalized spacial score (nSPS) is 10.1. The number of anilines is 1. The summed E-state index contributed by atoms with van der Waals surface area (Å²) in [7, 11) is 0. The lowest BCUT2D eigenvalue weighted by Crippen LogP contribution is -2.24. The average Bonchev–Trinajstić information content (AvgIpc) is 2.47. The molecule has 0 radical (unpaired) electrons. The van der Waals surface area contributed by atoms with Gasteiger partial charge in [-0.1, -0.05) is 6.07 Å². The first-order valence-electron chi connectivity index (χ1n) is 6.59. The largest absolute Gasteiger partial charge is 0.370 e. The molecule has 104 valence electrons. The molecule has 0 aromatic carbocycles. The number of nitrogens with one attached hydrogen (secondary N) is 2. The molecule has 0 spiro atoms. The molecule has 2 rings (SSSR count). The standard InChI is InChI=1S/C15H18N4O/c1-3-17-14-6-4-5-13(19-14)15(20)18-10-12-7-8-16-9-11(12)2/h4-9H,3,10H2,1-2H3,(H,17,19)(H,18,20). The lowest BCUT2D eigenvalue weighted by atomic mass is 10.1. The molecule has 5 nitrogen and oxygen atoms in total. The van der Waals surface area contributed by atoms with E-state index in [0.717, 1.165) is 17.7 Å². The van der Waals surface area contributed by atoms with E-state index in [-0.39, 0.29) is 5.91 Å². The number of carbonyl (C=O) groups is 1. The van der Waals surface area contributed by atoms with E-state index in [1.807, 2.05) is 32.0 Å². The van der Waals surface area contributed by atoms with E-state index in [2.05, 4.69) is 20.6 Å². The lowest BCUT2D eigenvalue weighted by Gasteiger charge is -2.08. The van der Waals surface area contributed by atoms with Crippen LogP contribution in [0.15, 0.2) is 36.7 Å². The number of aromatic nitrogens is 2. The SMILES string of the molecule is CCNc1cccc(C(=O)NCc2ccncc2C)n1. The Labute approximate surface area is 118 Å². The van der Waals surface area contributed by atoms with Crippen molar-refractivity contribution in [3.63, 3.8) is 0 Å². The van der Waals surface area contributed by atoms with Crippen LogP contribution in [0.5, 0.6) is 0 Å². The molecule has 1 amide bonds. The highest BCUT2D eigenvalue weighted by Gasteiger charge is 2.08. The molecule has 0 saturated heterocycles. The van der Waals surface area contributed by atoms with E-state index in [4.69, 9.17) is 0 Å². The second-order valence-electron chi connectivity index (χ2n) is 4.42. The van der Waals surface area contributed by atoms with Crippen molar-refractivity contribution < 1.29 is 4.79 Å². The summed E-state index contributed by atoms with van der Waals surface area (Å²) in [4.78, 5) is 20.4. The Bertz CT molecular complexity index is 598. The molecule has 0 aliphatic rings. The number of aryl methyl sites for hydroxylation is 1. The molecular formula is C15H18N4O. The molecule has 5 heteroatoms. The van der Waals surface area contributed by atoms with Crippen molar-refractivity contribution in [2.24, 2.45) is 0 Å². The summed E-state index contributed by atoms with van der Waals surface area (Å²) in [6.07, 6.45) is 3.50. The van der Waals surface area contributed by atoms with Gasteiger partial charge in [0.2, 0.25) is 0 Å². The molecule has 0 atom stereocenters. The van der Waals surface area contributed by atoms with Gasteiger partial charge in [0.25, 0.3) is 5.91 Å². The van der Waals surface area contributed by atoms with Gasteiger partial charge in [-0.2, -0.15) is 0 Å². The fourth-order valence-electron chi connectivity index (χ4n) is 1.81. The van der Waals surface area contributed by atoms with Crippen LogP contribution in [-0.4, -0.2) is 22.4 Å². The smallest absolute Gasteiger partial charge is 0.270 e. The van der Waals surface area contributed by atoms with Crippen LogP contribution < -0.4 is 10.6 Å². The Hall–Kier alpha value is -2.43. The van der Waals surface area contributed by atoms with Crippen molar-refractivity contribution in [3.05, 3.63) is 53.5 Å². The minimum Gasteiger partial charge on any atom is -0.370 e. The summed E-state index contributed by atoms with van der Waals surface area (Å²) in [6.45, 7) is 5.20. The highest BCUT2D eigenvalue weighted by molar-refractivity contribution is 5.92. The molecule has 2 aromatic heterocycles. The molecule has 2 N–H and O–H groups in total.